The standard InChI is InChI=1S/C20H15NO/c1-13(2)14-10-11-18(21-12-14)17-8-5-7-16-15-6-3-4-9-19(15)22-20(16)17/h3-12H,1H2,2H3. The van der Waals surface area contributed by atoms with Crippen LogP contribution in [0.15, 0.2) is 71.8 Å². The fourth-order valence-electron chi connectivity index (χ4n) is 2.75. The van der Waals surface area contributed by atoms with Crippen LogP contribution < -0.4 is 0 Å². The number of hydrogen-bond acceptors (Lipinski definition) is 2. The van der Waals surface area contributed by atoms with Crippen LogP contribution in [0.1, 0.15) is 12.5 Å². The van der Waals surface area contributed by atoms with Gasteiger partial charge in [0.25, 0.3) is 0 Å². The predicted octanol–water partition coefficient (Wildman–Crippen LogP) is 5.68. The van der Waals surface area contributed by atoms with Crippen LogP contribution in [0.5, 0.6) is 0 Å². The van der Waals surface area contributed by atoms with Gasteiger partial charge in [0, 0.05) is 22.5 Å². The molecule has 2 heterocycles. The third-order valence-electron chi connectivity index (χ3n) is 3.94. The van der Waals surface area contributed by atoms with Crippen molar-refractivity contribution >= 4 is 27.5 Å². The van der Waals surface area contributed by atoms with Gasteiger partial charge >= 0.3 is 0 Å². The number of hydrogen-bond donors (Lipinski definition) is 0. The Kier molecular flexibility index (Phi) is 2.83. The topological polar surface area (TPSA) is 26.0 Å². The average molecular weight is 285 g/mol. The van der Waals surface area contributed by atoms with Crippen LogP contribution in [0.4, 0.5) is 0 Å². The number of rotatable bonds is 2. The van der Waals surface area contributed by atoms with E-state index in [1.807, 2.05) is 55.6 Å². The molecule has 0 fully saturated rings. The Bertz CT molecular complexity index is 993. The van der Waals surface area contributed by atoms with Crippen molar-refractivity contribution in [3.05, 3.63) is 72.9 Å². The minimum Gasteiger partial charge on any atom is -0.455 e. The van der Waals surface area contributed by atoms with Gasteiger partial charge in [0.2, 0.25) is 0 Å². The molecule has 2 heteroatoms. The number of fused-ring (bicyclic) bond motifs is 3. The zero-order valence-corrected chi connectivity index (χ0v) is 12.3. The lowest BCUT2D eigenvalue weighted by Crippen LogP contribution is -1.86. The zero-order valence-electron chi connectivity index (χ0n) is 12.3. The summed E-state index contributed by atoms with van der Waals surface area (Å²) in [7, 11) is 0. The minimum atomic E-state index is 0.888. The summed E-state index contributed by atoms with van der Waals surface area (Å²) in [5.41, 5.74) is 5.79. The maximum atomic E-state index is 6.06. The van der Waals surface area contributed by atoms with Crippen molar-refractivity contribution in [2.24, 2.45) is 0 Å². The van der Waals surface area contributed by atoms with Gasteiger partial charge in [-0.15, -0.1) is 0 Å². The summed E-state index contributed by atoms with van der Waals surface area (Å²) < 4.78 is 6.06. The van der Waals surface area contributed by atoms with E-state index in [9.17, 15) is 0 Å². The smallest absolute Gasteiger partial charge is 0.144 e. The van der Waals surface area contributed by atoms with Crippen molar-refractivity contribution in [3.8, 4) is 11.3 Å². The van der Waals surface area contributed by atoms with E-state index in [0.29, 0.717) is 0 Å². The molecule has 106 valence electrons. The van der Waals surface area contributed by atoms with E-state index in [1.54, 1.807) is 0 Å². The molecule has 2 aromatic heterocycles. The SMILES string of the molecule is C=C(C)c1ccc(-c2cccc3c2oc2ccccc23)nc1. The quantitative estimate of drug-likeness (QED) is 0.473. The third-order valence-corrected chi connectivity index (χ3v) is 3.94. The molecule has 0 atom stereocenters. The summed E-state index contributed by atoms with van der Waals surface area (Å²) in [6.07, 6.45) is 1.86. The normalized spacial score (nSPS) is 11.1. The molecule has 0 aliphatic carbocycles. The molecule has 0 bridgehead atoms. The molecule has 2 aromatic carbocycles. The Morgan fingerprint density at radius 2 is 1.77 bits per heavy atom. The molecule has 4 rings (SSSR count). The molecule has 0 radical (unpaired) electrons. The number of nitrogens with zero attached hydrogens (tertiary/aromatic N) is 1. The molecular formula is C20H15NO. The molecule has 0 spiro atoms. The van der Waals surface area contributed by atoms with E-state index in [4.69, 9.17) is 4.42 Å². The Hall–Kier alpha value is -2.87. The second kappa shape index (κ2) is 4.85. The van der Waals surface area contributed by atoms with Gasteiger partial charge in [-0.3, -0.25) is 4.98 Å². The minimum absolute atomic E-state index is 0.888. The molecule has 22 heavy (non-hydrogen) atoms. The summed E-state index contributed by atoms with van der Waals surface area (Å²) in [6.45, 7) is 5.93. The molecule has 0 aliphatic heterocycles. The summed E-state index contributed by atoms with van der Waals surface area (Å²) in [4.78, 5) is 4.57. The van der Waals surface area contributed by atoms with E-state index >= 15 is 0 Å². The Balaban J connectivity index is 1.96. The second-order valence-corrected chi connectivity index (χ2v) is 5.49. The van der Waals surface area contributed by atoms with Gasteiger partial charge in [-0.25, -0.2) is 0 Å². The highest BCUT2D eigenvalue weighted by Crippen LogP contribution is 2.34. The van der Waals surface area contributed by atoms with Gasteiger partial charge in [-0.2, -0.15) is 0 Å². The lowest BCUT2D eigenvalue weighted by Gasteiger charge is -2.04. The molecule has 2 nitrogen and oxygen atoms in total. The maximum absolute atomic E-state index is 6.06. The number of furan rings is 1. The van der Waals surface area contributed by atoms with Crippen molar-refractivity contribution in [1.82, 2.24) is 4.98 Å². The van der Waals surface area contributed by atoms with Crippen molar-refractivity contribution in [3.63, 3.8) is 0 Å². The number of pyridine rings is 1. The van der Waals surface area contributed by atoms with Gasteiger partial charge in [0.15, 0.2) is 0 Å². The van der Waals surface area contributed by atoms with Crippen LogP contribution in [0.3, 0.4) is 0 Å². The molecule has 4 aromatic rings. The largest absolute Gasteiger partial charge is 0.455 e. The van der Waals surface area contributed by atoms with E-state index in [0.717, 1.165) is 44.3 Å². The first-order valence-electron chi connectivity index (χ1n) is 7.26. The maximum Gasteiger partial charge on any atom is 0.144 e. The number of benzene rings is 2. The van der Waals surface area contributed by atoms with Crippen molar-refractivity contribution in [1.29, 1.82) is 0 Å². The first kappa shape index (κ1) is 12.8. The van der Waals surface area contributed by atoms with Crippen LogP contribution in [0.2, 0.25) is 0 Å². The van der Waals surface area contributed by atoms with Gasteiger partial charge in [0.1, 0.15) is 11.2 Å². The number of para-hydroxylation sites is 2. The molecule has 0 unspecified atom stereocenters. The molecule has 0 aliphatic rings. The summed E-state index contributed by atoms with van der Waals surface area (Å²) >= 11 is 0. The highest BCUT2D eigenvalue weighted by Gasteiger charge is 2.12. The highest BCUT2D eigenvalue weighted by molar-refractivity contribution is 6.09. The first-order valence-corrected chi connectivity index (χ1v) is 7.26. The molecule has 0 amide bonds. The van der Waals surface area contributed by atoms with E-state index in [2.05, 4.69) is 23.7 Å². The van der Waals surface area contributed by atoms with Crippen LogP contribution in [0.25, 0.3) is 38.8 Å². The summed E-state index contributed by atoms with van der Waals surface area (Å²) in [5, 5.41) is 2.26. The van der Waals surface area contributed by atoms with Crippen molar-refractivity contribution in [2.75, 3.05) is 0 Å². The van der Waals surface area contributed by atoms with Gasteiger partial charge in [-0.1, -0.05) is 43.0 Å². The fraction of sp³-hybridized carbons (Fsp3) is 0.0500. The lowest BCUT2D eigenvalue weighted by molar-refractivity contribution is 0.670. The third kappa shape index (κ3) is 1.92. The molecular weight excluding hydrogens is 270 g/mol. The van der Waals surface area contributed by atoms with Crippen LogP contribution in [0, 0.1) is 0 Å². The zero-order chi connectivity index (χ0) is 15.1. The van der Waals surface area contributed by atoms with Gasteiger partial charge < -0.3 is 4.42 Å². The fourth-order valence-corrected chi connectivity index (χ4v) is 2.75. The van der Waals surface area contributed by atoms with Crippen LogP contribution in [-0.4, -0.2) is 4.98 Å². The first-order chi connectivity index (χ1) is 10.7. The Morgan fingerprint density at radius 1 is 0.955 bits per heavy atom. The summed E-state index contributed by atoms with van der Waals surface area (Å²) in [5.74, 6) is 0. The van der Waals surface area contributed by atoms with E-state index in [-0.39, 0.29) is 0 Å². The highest BCUT2D eigenvalue weighted by atomic mass is 16.3. The molecule has 0 saturated carbocycles. The number of allylic oxidation sites excluding steroid dienone is 1. The monoisotopic (exact) mass is 285 g/mol. The van der Waals surface area contributed by atoms with Crippen LogP contribution in [-0.2, 0) is 0 Å². The lowest BCUT2D eigenvalue weighted by atomic mass is 10.0. The van der Waals surface area contributed by atoms with Crippen molar-refractivity contribution < 1.29 is 4.42 Å². The number of aromatic nitrogens is 1. The van der Waals surface area contributed by atoms with Crippen molar-refractivity contribution in [2.45, 2.75) is 6.92 Å². The second-order valence-electron chi connectivity index (χ2n) is 5.49. The van der Waals surface area contributed by atoms with Crippen LogP contribution >= 0.6 is 0 Å². The predicted molar refractivity (Wildman–Crippen MR) is 91.7 cm³/mol. The average Bonchev–Trinajstić information content (AvgIpc) is 2.93. The Labute approximate surface area is 128 Å². The van der Waals surface area contributed by atoms with Gasteiger partial charge in [-0.05, 0) is 36.3 Å². The van der Waals surface area contributed by atoms with E-state index < -0.39 is 0 Å². The molecule has 0 saturated heterocycles. The Morgan fingerprint density at radius 3 is 2.55 bits per heavy atom. The summed E-state index contributed by atoms with van der Waals surface area (Å²) in [6, 6.07) is 18.4. The molecule has 0 N–H and O–H groups in total. The van der Waals surface area contributed by atoms with Gasteiger partial charge in [0.05, 0.1) is 5.69 Å². The van der Waals surface area contributed by atoms with E-state index in [1.165, 1.54) is 0 Å².